The van der Waals surface area contributed by atoms with Crippen LogP contribution in [0.3, 0.4) is 0 Å². The van der Waals surface area contributed by atoms with E-state index < -0.39 is 0 Å². The van der Waals surface area contributed by atoms with Crippen molar-refractivity contribution < 1.29 is 0 Å². The maximum Gasteiger partial charge on any atom is 0.0587 e. The molecular weight excluding hydrogens is 280 g/mol. The van der Waals surface area contributed by atoms with Gasteiger partial charge < -0.3 is 16.8 Å². The van der Waals surface area contributed by atoms with E-state index in [0.717, 1.165) is 13.1 Å². The number of nitrogens with zero attached hydrogens (tertiary/aromatic N) is 5. The zero-order valence-corrected chi connectivity index (χ0v) is 14.2. The molecule has 0 aromatic carbocycles. The van der Waals surface area contributed by atoms with E-state index in [2.05, 4.69) is 5.32 Å². The van der Waals surface area contributed by atoms with E-state index >= 15 is 0 Å². The Morgan fingerprint density at radius 1 is 0.591 bits per heavy atom. The number of rotatable bonds is 4. The summed E-state index contributed by atoms with van der Waals surface area (Å²) in [6.45, 7) is 10.3. The first kappa shape index (κ1) is 36.6. The van der Waals surface area contributed by atoms with Crippen molar-refractivity contribution in [1.82, 2.24) is 5.32 Å². The van der Waals surface area contributed by atoms with E-state index in [1.54, 1.807) is 30.3 Å². The van der Waals surface area contributed by atoms with Gasteiger partial charge in [-0.25, -0.2) is 0 Å². The lowest BCUT2D eigenvalue weighted by molar-refractivity contribution is 0.696. The summed E-state index contributed by atoms with van der Waals surface area (Å²) in [5.74, 6) is 0. The van der Waals surface area contributed by atoms with Gasteiger partial charge in [-0.15, -0.1) is 0 Å². The minimum Gasteiger partial charge on any atom is -0.329 e. The Bertz CT molecular complexity index is 259. The Balaban J connectivity index is -0.0000000371. The molecule has 0 saturated heterocycles. The summed E-state index contributed by atoms with van der Waals surface area (Å²) < 4.78 is 0. The van der Waals surface area contributed by atoms with Crippen molar-refractivity contribution in [3.05, 3.63) is 0 Å². The Hall–Kier alpha value is -2.67. The molecule has 0 unspecified atom stereocenters. The molecule has 0 radical (unpaired) electrons. The first-order valence-electron chi connectivity index (χ1n) is 6.14. The van der Waals surface area contributed by atoms with Crippen LogP contribution in [0.1, 0.15) is 34.6 Å². The Morgan fingerprint density at radius 3 is 0.818 bits per heavy atom. The second kappa shape index (κ2) is 102. The van der Waals surface area contributed by atoms with Gasteiger partial charge in [0.05, 0.1) is 30.3 Å². The highest BCUT2D eigenvalue weighted by molar-refractivity contribution is 4.52. The second-order valence-electron chi connectivity index (χ2n) is 2.45. The molecule has 124 valence electrons. The highest BCUT2D eigenvalue weighted by atomic mass is 14.9. The first-order chi connectivity index (χ1) is 10.5. The molecule has 8 nitrogen and oxygen atoms in total. The number of nitriles is 5. The zero-order chi connectivity index (χ0) is 19.1. The van der Waals surface area contributed by atoms with Gasteiger partial charge in [0.2, 0.25) is 0 Å². The van der Waals surface area contributed by atoms with Crippen LogP contribution >= 0.6 is 0 Å². The minimum atomic E-state index is 0.694. The summed E-state index contributed by atoms with van der Waals surface area (Å²) in [5, 5.41) is 39.6. The van der Waals surface area contributed by atoms with Gasteiger partial charge in [0.1, 0.15) is 0 Å². The van der Waals surface area contributed by atoms with Crippen molar-refractivity contribution in [2.45, 2.75) is 34.6 Å². The predicted molar refractivity (Wildman–Crippen MR) is 87.4 cm³/mol. The molecule has 8 heteroatoms. The zero-order valence-electron chi connectivity index (χ0n) is 14.2. The van der Waals surface area contributed by atoms with Gasteiger partial charge in [-0.05, 0) is 0 Å². The fourth-order valence-electron chi connectivity index (χ4n) is 0.329. The maximum absolute atomic E-state index is 7.32. The highest BCUT2D eigenvalue weighted by Gasteiger charge is 1.76. The van der Waals surface area contributed by atoms with Crippen LogP contribution in [0.2, 0.25) is 0 Å². The lowest BCUT2D eigenvalue weighted by Gasteiger charge is -1.95. The predicted octanol–water partition coefficient (Wildman–Crippen LogP) is 1.14. The van der Waals surface area contributed by atoms with Gasteiger partial charge in [0.15, 0.2) is 0 Å². The van der Waals surface area contributed by atoms with Crippen LogP contribution in [0.25, 0.3) is 0 Å². The molecule has 5 N–H and O–H groups in total. The van der Waals surface area contributed by atoms with E-state index in [0.29, 0.717) is 13.1 Å². The molecule has 0 aliphatic heterocycles. The van der Waals surface area contributed by atoms with Crippen LogP contribution in [-0.2, 0) is 0 Å². The van der Waals surface area contributed by atoms with Gasteiger partial charge in [-0.2, -0.15) is 26.3 Å². The second-order valence-corrected chi connectivity index (χ2v) is 2.45. The molecule has 0 saturated carbocycles. The topological polar surface area (TPSA) is 183 Å². The highest BCUT2D eigenvalue weighted by Crippen LogP contribution is 1.49. The number of nitrogens with one attached hydrogen (secondary N) is 1. The molecule has 0 aromatic rings. The summed E-state index contributed by atoms with van der Waals surface area (Å²) >= 11 is 0. The minimum absolute atomic E-state index is 0.694. The van der Waals surface area contributed by atoms with Crippen molar-refractivity contribution in [3.63, 3.8) is 0 Å². The molecule has 0 aliphatic rings. The maximum atomic E-state index is 7.32. The number of hydrogen-bond donors (Lipinski definition) is 3. The third kappa shape index (κ3) is 2610. The van der Waals surface area contributed by atoms with Crippen LogP contribution in [0.15, 0.2) is 0 Å². The van der Waals surface area contributed by atoms with Gasteiger partial charge in [-0.1, -0.05) is 0 Å². The SMILES string of the molecule is CC#N.CC#N.CC#N.CC#N.CC#N.NCCNCCN. The van der Waals surface area contributed by atoms with Crippen LogP contribution in [0.5, 0.6) is 0 Å². The van der Waals surface area contributed by atoms with Gasteiger partial charge in [0, 0.05) is 60.8 Å². The van der Waals surface area contributed by atoms with Crippen molar-refractivity contribution >= 4 is 0 Å². The molecule has 0 aromatic heterocycles. The summed E-state index contributed by atoms with van der Waals surface area (Å²) in [6, 6.07) is 8.75. The third-order valence-corrected chi connectivity index (χ3v) is 0.642. The molecule has 0 heterocycles. The average Bonchev–Trinajstić information content (AvgIpc) is 2.44. The quantitative estimate of drug-likeness (QED) is 0.645. The Kier molecular flexibility index (Phi) is 170. The molecule has 0 rings (SSSR count). The lowest BCUT2D eigenvalue weighted by atomic mass is 10.6. The summed E-state index contributed by atoms with van der Waals surface area (Å²) in [5.41, 5.74) is 10.3. The molecule has 0 amide bonds. The van der Waals surface area contributed by atoms with Crippen LogP contribution in [0, 0.1) is 56.7 Å². The fraction of sp³-hybridized carbons (Fsp3) is 0.643. The van der Waals surface area contributed by atoms with Gasteiger partial charge >= 0.3 is 0 Å². The number of hydrogen-bond acceptors (Lipinski definition) is 8. The smallest absolute Gasteiger partial charge is 0.0587 e. The summed E-state index contributed by atoms with van der Waals surface area (Å²) in [7, 11) is 0. The molecule has 0 atom stereocenters. The van der Waals surface area contributed by atoms with E-state index in [1.807, 2.05) is 0 Å². The lowest BCUT2D eigenvalue weighted by Crippen LogP contribution is -2.27. The average molecular weight is 308 g/mol. The number of nitrogens with two attached hydrogens (primary N) is 2. The van der Waals surface area contributed by atoms with E-state index in [9.17, 15) is 0 Å². The van der Waals surface area contributed by atoms with Crippen LogP contribution in [-0.4, -0.2) is 26.2 Å². The van der Waals surface area contributed by atoms with Gasteiger partial charge in [0.25, 0.3) is 0 Å². The largest absolute Gasteiger partial charge is 0.329 e. The molecule has 0 aliphatic carbocycles. The van der Waals surface area contributed by atoms with E-state index in [1.165, 1.54) is 34.6 Å². The summed E-state index contributed by atoms with van der Waals surface area (Å²) in [6.07, 6.45) is 0. The molecule has 22 heavy (non-hydrogen) atoms. The molecule has 0 fully saturated rings. The van der Waals surface area contributed by atoms with Crippen LogP contribution < -0.4 is 16.8 Å². The van der Waals surface area contributed by atoms with Crippen LogP contribution in [0.4, 0.5) is 0 Å². The van der Waals surface area contributed by atoms with Gasteiger partial charge in [-0.3, -0.25) is 0 Å². The normalized spacial score (nSPS) is 4.82. The van der Waals surface area contributed by atoms with E-state index in [4.69, 9.17) is 37.8 Å². The van der Waals surface area contributed by atoms with Crippen molar-refractivity contribution in [2.24, 2.45) is 11.5 Å². The first-order valence-corrected chi connectivity index (χ1v) is 6.14. The molecule has 0 bridgehead atoms. The summed E-state index contributed by atoms with van der Waals surface area (Å²) in [4.78, 5) is 0. The van der Waals surface area contributed by atoms with Crippen molar-refractivity contribution in [3.8, 4) is 30.3 Å². The molecular formula is C14H28N8. The standard InChI is InChI=1S/C4H13N3.5C2H3N/c5-1-3-7-4-2-6;5*1-2-3/h7H,1-6H2;5*1H3. The molecule has 0 spiro atoms. The van der Waals surface area contributed by atoms with Crippen molar-refractivity contribution in [1.29, 1.82) is 26.3 Å². The monoisotopic (exact) mass is 308 g/mol. The fourth-order valence-corrected chi connectivity index (χ4v) is 0.329. The van der Waals surface area contributed by atoms with Crippen molar-refractivity contribution in [2.75, 3.05) is 26.2 Å². The Morgan fingerprint density at radius 2 is 0.727 bits per heavy atom. The Labute approximate surface area is 135 Å². The van der Waals surface area contributed by atoms with E-state index in [-0.39, 0.29) is 0 Å². The third-order valence-electron chi connectivity index (χ3n) is 0.642.